The summed E-state index contributed by atoms with van der Waals surface area (Å²) >= 11 is 0. The van der Waals surface area contributed by atoms with E-state index in [1.165, 1.54) is 5.57 Å². The molecule has 0 spiro atoms. The standard InChI is InChI=1S/C30H43N3O6/c1-6-30(38)14-11-23-21-8-7-19-15-20(9-12-28(19,4)22(21)10-13-29(23,30)5)33-39-17-25(35)31-16-24(34)32-26(18(2)3)27(36)37/h1,15,18,21-23,26,38H,7-14,16-17H2,2-5H3,(H,31,35)(H,32,34)(H,36,37)/t21?,22?,23?,26?,28-,29-,30?/m0/s1. The number of aliphatic carboxylic acids is 1. The molecule has 0 saturated heterocycles. The van der Waals surface area contributed by atoms with Crippen molar-refractivity contribution in [3.8, 4) is 12.3 Å². The zero-order valence-corrected chi connectivity index (χ0v) is 23.6. The van der Waals surface area contributed by atoms with Crippen molar-refractivity contribution in [3.63, 3.8) is 0 Å². The molecule has 3 saturated carbocycles. The lowest BCUT2D eigenvalue weighted by atomic mass is 9.46. The van der Waals surface area contributed by atoms with Crippen LogP contribution in [0.2, 0.25) is 0 Å². The SMILES string of the molecule is C#CC1(O)CCC2C3CCC4=CC(=NOCC(=O)NCC(=O)NC(C(=O)O)C(C)C)CC[C@]4(C)C3CC[C@@]21C. The predicted molar refractivity (Wildman–Crippen MR) is 146 cm³/mol. The number of carboxylic acids is 1. The Balaban J connectivity index is 1.31. The van der Waals surface area contributed by atoms with Gasteiger partial charge in [-0.25, -0.2) is 4.79 Å². The highest BCUT2D eigenvalue weighted by molar-refractivity contribution is 5.96. The molecule has 0 bridgehead atoms. The Hall–Kier alpha value is -2.86. The summed E-state index contributed by atoms with van der Waals surface area (Å²) < 4.78 is 0. The number of hydrogen-bond acceptors (Lipinski definition) is 6. The van der Waals surface area contributed by atoms with Crippen molar-refractivity contribution in [2.24, 2.45) is 39.7 Å². The van der Waals surface area contributed by atoms with Gasteiger partial charge in [-0.15, -0.1) is 6.42 Å². The van der Waals surface area contributed by atoms with Gasteiger partial charge in [0.05, 0.1) is 12.3 Å². The predicted octanol–water partition coefficient (Wildman–Crippen LogP) is 3.03. The van der Waals surface area contributed by atoms with E-state index >= 15 is 0 Å². The van der Waals surface area contributed by atoms with E-state index < -0.39 is 29.4 Å². The van der Waals surface area contributed by atoms with Gasteiger partial charge in [-0.3, -0.25) is 9.59 Å². The Morgan fingerprint density at radius 3 is 2.51 bits per heavy atom. The molecule has 0 aromatic carbocycles. The largest absolute Gasteiger partial charge is 0.480 e. The third-order valence-corrected chi connectivity index (χ3v) is 10.4. The van der Waals surface area contributed by atoms with Crippen LogP contribution in [0.15, 0.2) is 16.8 Å². The first-order valence-corrected chi connectivity index (χ1v) is 14.2. The minimum atomic E-state index is -1.12. The van der Waals surface area contributed by atoms with Crippen LogP contribution in [0.4, 0.5) is 0 Å². The minimum Gasteiger partial charge on any atom is -0.480 e. The van der Waals surface area contributed by atoms with Gasteiger partial charge in [0.1, 0.15) is 11.6 Å². The van der Waals surface area contributed by atoms with E-state index in [4.69, 9.17) is 11.3 Å². The average molecular weight is 542 g/mol. The molecule has 4 N–H and O–H groups in total. The van der Waals surface area contributed by atoms with Crippen LogP contribution in [0.3, 0.4) is 0 Å². The maximum atomic E-state index is 12.1. The number of carbonyl (C=O) groups is 3. The Labute approximate surface area is 231 Å². The lowest BCUT2D eigenvalue weighted by Crippen LogP contribution is -2.54. The second-order valence-corrected chi connectivity index (χ2v) is 12.8. The average Bonchev–Trinajstić information content (AvgIpc) is 3.16. The molecule has 0 aromatic rings. The molecule has 5 unspecified atom stereocenters. The highest BCUT2D eigenvalue weighted by Gasteiger charge is 2.63. The molecule has 214 valence electrons. The number of terminal acetylenes is 1. The minimum absolute atomic E-state index is 0.0919. The van der Waals surface area contributed by atoms with Crippen molar-refractivity contribution in [1.29, 1.82) is 0 Å². The van der Waals surface area contributed by atoms with Crippen LogP contribution in [-0.2, 0) is 19.2 Å². The van der Waals surface area contributed by atoms with E-state index in [2.05, 4.69) is 41.6 Å². The van der Waals surface area contributed by atoms with Crippen molar-refractivity contribution >= 4 is 23.5 Å². The second kappa shape index (κ2) is 11.0. The molecule has 7 atom stereocenters. The van der Waals surface area contributed by atoms with Crippen LogP contribution in [0.5, 0.6) is 0 Å². The highest BCUT2D eigenvalue weighted by Crippen LogP contribution is 2.67. The highest BCUT2D eigenvalue weighted by atomic mass is 16.6. The molecule has 9 heteroatoms. The monoisotopic (exact) mass is 541 g/mol. The molecule has 4 rings (SSSR count). The van der Waals surface area contributed by atoms with Gasteiger partial charge in [0, 0.05) is 5.41 Å². The number of nitrogens with zero attached hydrogens (tertiary/aromatic N) is 1. The van der Waals surface area contributed by atoms with Gasteiger partial charge in [0.25, 0.3) is 5.91 Å². The van der Waals surface area contributed by atoms with Gasteiger partial charge in [0.2, 0.25) is 5.91 Å². The molecule has 3 fully saturated rings. The maximum Gasteiger partial charge on any atom is 0.326 e. The number of amides is 2. The number of hydrogen-bond donors (Lipinski definition) is 4. The van der Waals surface area contributed by atoms with Crippen LogP contribution >= 0.6 is 0 Å². The van der Waals surface area contributed by atoms with Gasteiger partial charge < -0.3 is 25.7 Å². The molecular formula is C30H43N3O6. The van der Waals surface area contributed by atoms with Gasteiger partial charge in [-0.1, -0.05) is 44.3 Å². The number of carboxylic acid groups (broad SMARTS) is 1. The van der Waals surface area contributed by atoms with E-state index in [0.29, 0.717) is 24.2 Å². The molecule has 0 aromatic heterocycles. The third kappa shape index (κ3) is 5.32. The number of oxime groups is 1. The van der Waals surface area contributed by atoms with Crippen LogP contribution in [-0.4, -0.2) is 58.5 Å². The van der Waals surface area contributed by atoms with E-state index in [1.807, 2.05) is 0 Å². The van der Waals surface area contributed by atoms with Crippen LogP contribution in [0.1, 0.15) is 79.1 Å². The zero-order chi connectivity index (χ0) is 28.6. The normalized spacial score (nSPS) is 37.0. The molecule has 39 heavy (non-hydrogen) atoms. The topological polar surface area (TPSA) is 137 Å². The fourth-order valence-corrected chi connectivity index (χ4v) is 8.04. The summed E-state index contributed by atoms with van der Waals surface area (Å²) in [5, 5.41) is 29.4. The first kappa shape index (κ1) is 29.1. The molecule has 4 aliphatic carbocycles. The number of aliphatic hydroxyl groups is 1. The first-order chi connectivity index (χ1) is 18.3. The number of carbonyl (C=O) groups excluding carboxylic acids is 2. The Kier molecular flexibility index (Phi) is 8.18. The summed E-state index contributed by atoms with van der Waals surface area (Å²) in [4.78, 5) is 40.6. The molecular weight excluding hydrogens is 498 g/mol. The number of nitrogens with one attached hydrogen (secondary N) is 2. The lowest BCUT2D eigenvalue weighted by Gasteiger charge is -2.58. The fourth-order valence-electron chi connectivity index (χ4n) is 8.04. The summed E-state index contributed by atoms with van der Waals surface area (Å²) in [5.41, 5.74) is 1.10. The number of fused-ring (bicyclic) bond motifs is 5. The van der Waals surface area contributed by atoms with Crippen LogP contribution < -0.4 is 10.6 Å². The summed E-state index contributed by atoms with van der Waals surface area (Å²) in [5.74, 6) is 1.85. The van der Waals surface area contributed by atoms with Crippen molar-refractivity contribution in [1.82, 2.24) is 10.6 Å². The lowest BCUT2D eigenvalue weighted by molar-refractivity contribution is -0.143. The van der Waals surface area contributed by atoms with E-state index in [0.717, 1.165) is 50.7 Å². The molecule has 0 radical (unpaired) electrons. The number of rotatable bonds is 8. The van der Waals surface area contributed by atoms with E-state index in [1.54, 1.807) is 13.8 Å². The molecule has 0 aliphatic heterocycles. The Morgan fingerprint density at radius 1 is 1.13 bits per heavy atom. The Bertz CT molecular complexity index is 1110. The Morgan fingerprint density at radius 2 is 1.85 bits per heavy atom. The maximum absolute atomic E-state index is 12.1. The summed E-state index contributed by atoms with van der Waals surface area (Å²) in [6.45, 7) is 7.31. The molecule has 2 amide bonds. The smallest absolute Gasteiger partial charge is 0.326 e. The molecule has 4 aliphatic rings. The van der Waals surface area contributed by atoms with Crippen molar-refractivity contribution in [2.45, 2.75) is 90.7 Å². The number of allylic oxidation sites excluding steroid dienone is 2. The summed E-state index contributed by atoms with van der Waals surface area (Å²) in [6.07, 6.45) is 15.5. The third-order valence-electron chi connectivity index (χ3n) is 10.4. The zero-order valence-electron chi connectivity index (χ0n) is 23.6. The van der Waals surface area contributed by atoms with Crippen LogP contribution in [0, 0.1) is 46.8 Å². The van der Waals surface area contributed by atoms with E-state index in [9.17, 15) is 24.6 Å². The van der Waals surface area contributed by atoms with E-state index in [-0.39, 0.29) is 29.9 Å². The van der Waals surface area contributed by atoms with Crippen molar-refractivity contribution in [2.75, 3.05) is 13.2 Å². The van der Waals surface area contributed by atoms with Gasteiger partial charge in [-0.2, -0.15) is 0 Å². The first-order valence-electron chi connectivity index (χ1n) is 14.2. The molecule has 0 heterocycles. The van der Waals surface area contributed by atoms with Gasteiger partial charge in [0.15, 0.2) is 6.61 Å². The second-order valence-electron chi connectivity index (χ2n) is 12.8. The van der Waals surface area contributed by atoms with Crippen molar-refractivity contribution in [3.05, 3.63) is 11.6 Å². The molecule has 9 nitrogen and oxygen atoms in total. The van der Waals surface area contributed by atoms with Crippen molar-refractivity contribution < 1.29 is 29.4 Å². The fraction of sp³-hybridized carbons (Fsp3) is 0.733. The summed E-state index contributed by atoms with van der Waals surface area (Å²) in [7, 11) is 0. The quantitative estimate of drug-likeness (QED) is 0.275. The van der Waals surface area contributed by atoms with Crippen LogP contribution in [0.25, 0.3) is 0 Å². The summed E-state index contributed by atoms with van der Waals surface area (Å²) in [6, 6.07) is -1.01. The van der Waals surface area contributed by atoms with Gasteiger partial charge >= 0.3 is 5.97 Å². The van der Waals surface area contributed by atoms with Gasteiger partial charge in [-0.05, 0) is 86.5 Å².